The Kier molecular flexibility index (Phi) is 3.34. The molecule has 0 aliphatic carbocycles. The second-order valence-corrected chi connectivity index (χ2v) is 6.05. The van der Waals surface area contributed by atoms with Crippen LogP contribution < -0.4 is 5.32 Å². The fourth-order valence-electron chi connectivity index (χ4n) is 2.65. The maximum atomic E-state index is 4.83. The number of nitrogens with zero attached hydrogens (tertiary/aromatic N) is 2. The van der Waals surface area contributed by atoms with Crippen molar-refractivity contribution < 1.29 is 0 Å². The Bertz CT molecular complexity index is 396. The molecule has 3 nitrogen and oxygen atoms in total. The molecule has 1 N–H and O–H groups in total. The number of thioether (sulfide) groups is 1. The maximum absolute atomic E-state index is 4.83. The van der Waals surface area contributed by atoms with Crippen LogP contribution in [0.15, 0.2) is 0 Å². The van der Waals surface area contributed by atoms with Crippen LogP contribution in [0, 0.1) is 0 Å². The average Bonchev–Trinajstić information content (AvgIpc) is 2.91. The predicted octanol–water partition coefficient (Wildman–Crippen LogP) is 2.25. The van der Waals surface area contributed by atoms with E-state index in [4.69, 9.17) is 9.97 Å². The Balaban J connectivity index is 1.99. The van der Waals surface area contributed by atoms with Crippen LogP contribution >= 0.6 is 11.8 Å². The molecule has 1 fully saturated rings. The standard InChI is InChI=1S/C13H19N3S/c1-2-10-9-8-14-6-5-11(9)16-13(15-10)12-4-3-7-17-12/h12,14H,2-8H2,1H3. The van der Waals surface area contributed by atoms with E-state index in [1.807, 2.05) is 11.8 Å². The Hall–Kier alpha value is -0.610. The smallest absolute Gasteiger partial charge is 0.141 e. The van der Waals surface area contributed by atoms with Gasteiger partial charge in [-0.3, -0.25) is 0 Å². The van der Waals surface area contributed by atoms with Crippen LogP contribution in [-0.4, -0.2) is 22.3 Å². The van der Waals surface area contributed by atoms with Gasteiger partial charge in [0.15, 0.2) is 0 Å². The van der Waals surface area contributed by atoms with Crippen molar-refractivity contribution in [2.75, 3.05) is 12.3 Å². The van der Waals surface area contributed by atoms with E-state index < -0.39 is 0 Å². The van der Waals surface area contributed by atoms with E-state index in [0.29, 0.717) is 5.25 Å². The van der Waals surface area contributed by atoms with E-state index in [9.17, 15) is 0 Å². The summed E-state index contributed by atoms with van der Waals surface area (Å²) in [5, 5.41) is 3.98. The van der Waals surface area contributed by atoms with E-state index in [0.717, 1.165) is 31.8 Å². The summed E-state index contributed by atoms with van der Waals surface area (Å²) in [5.74, 6) is 2.37. The van der Waals surface area contributed by atoms with Gasteiger partial charge in [0.05, 0.1) is 10.9 Å². The number of aromatic nitrogens is 2. The first kappa shape index (κ1) is 11.5. The first-order valence-electron chi connectivity index (χ1n) is 6.59. The Morgan fingerprint density at radius 3 is 3.12 bits per heavy atom. The highest BCUT2D eigenvalue weighted by Gasteiger charge is 2.24. The van der Waals surface area contributed by atoms with E-state index >= 15 is 0 Å². The fraction of sp³-hybridized carbons (Fsp3) is 0.692. The molecular weight excluding hydrogens is 230 g/mol. The van der Waals surface area contributed by atoms with Crippen molar-refractivity contribution in [1.29, 1.82) is 0 Å². The molecule has 0 saturated carbocycles. The molecule has 1 aromatic heterocycles. The number of nitrogens with one attached hydrogen (secondary N) is 1. The van der Waals surface area contributed by atoms with Gasteiger partial charge in [0.25, 0.3) is 0 Å². The van der Waals surface area contributed by atoms with Crippen LogP contribution in [0.1, 0.15) is 47.8 Å². The summed E-state index contributed by atoms with van der Waals surface area (Å²) in [6.07, 6.45) is 4.66. The van der Waals surface area contributed by atoms with Crippen molar-refractivity contribution in [3.63, 3.8) is 0 Å². The third-order valence-electron chi connectivity index (χ3n) is 3.59. The molecule has 0 bridgehead atoms. The first-order chi connectivity index (χ1) is 8.38. The number of rotatable bonds is 2. The number of fused-ring (bicyclic) bond motifs is 1. The van der Waals surface area contributed by atoms with E-state index in [1.54, 1.807) is 0 Å². The van der Waals surface area contributed by atoms with Crippen LogP contribution in [0.25, 0.3) is 0 Å². The number of aryl methyl sites for hydroxylation is 1. The lowest BCUT2D eigenvalue weighted by Crippen LogP contribution is -2.27. The van der Waals surface area contributed by atoms with Gasteiger partial charge in [-0.1, -0.05) is 6.92 Å². The van der Waals surface area contributed by atoms with Gasteiger partial charge < -0.3 is 5.32 Å². The largest absolute Gasteiger partial charge is 0.312 e. The molecular formula is C13H19N3S. The van der Waals surface area contributed by atoms with Crippen molar-refractivity contribution in [3.8, 4) is 0 Å². The van der Waals surface area contributed by atoms with Gasteiger partial charge in [-0.25, -0.2) is 9.97 Å². The van der Waals surface area contributed by atoms with Crippen molar-refractivity contribution >= 4 is 11.8 Å². The highest BCUT2D eigenvalue weighted by atomic mass is 32.2. The lowest BCUT2D eigenvalue weighted by Gasteiger charge is -2.21. The molecule has 0 spiro atoms. The third kappa shape index (κ3) is 2.20. The SMILES string of the molecule is CCc1nc(C2CCCS2)nc2c1CNCC2. The molecule has 2 aliphatic heterocycles. The zero-order valence-corrected chi connectivity index (χ0v) is 11.1. The van der Waals surface area contributed by atoms with Gasteiger partial charge in [-0.2, -0.15) is 11.8 Å². The predicted molar refractivity (Wildman–Crippen MR) is 71.3 cm³/mol. The number of hydrogen-bond donors (Lipinski definition) is 1. The minimum Gasteiger partial charge on any atom is -0.312 e. The first-order valence-corrected chi connectivity index (χ1v) is 7.64. The van der Waals surface area contributed by atoms with Crippen molar-refractivity contribution in [3.05, 3.63) is 22.8 Å². The van der Waals surface area contributed by atoms with Crippen LogP contribution in [-0.2, 0) is 19.4 Å². The third-order valence-corrected chi connectivity index (χ3v) is 4.96. The van der Waals surface area contributed by atoms with Gasteiger partial charge in [0.1, 0.15) is 5.82 Å². The summed E-state index contributed by atoms with van der Waals surface area (Å²) in [6.45, 7) is 4.21. The van der Waals surface area contributed by atoms with Crippen molar-refractivity contribution in [1.82, 2.24) is 15.3 Å². The highest BCUT2D eigenvalue weighted by Crippen LogP contribution is 2.38. The summed E-state index contributed by atoms with van der Waals surface area (Å²) in [5.41, 5.74) is 3.94. The zero-order chi connectivity index (χ0) is 11.7. The van der Waals surface area contributed by atoms with Crippen LogP contribution in [0.4, 0.5) is 0 Å². The maximum Gasteiger partial charge on any atom is 0.141 e. The second-order valence-electron chi connectivity index (χ2n) is 4.74. The topological polar surface area (TPSA) is 37.8 Å². The minimum atomic E-state index is 0.556. The van der Waals surface area contributed by atoms with E-state index in [1.165, 1.54) is 35.5 Å². The summed E-state index contributed by atoms with van der Waals surface area (Å²) in [4.78, 5) is 9.65. The Morgan fingerprint density at radius 1 is 1.41 bits per heavy atom. The lowest BCUT2D eigenvalue weighted by atomic mass is 10.0. The molecule has 0 amide bonds. The van der Waals surface area contributed by atoms with Crippen molar-refractivity contribution in [2.24, 2.45) is 0 Å². The monoisotopic (exact) mass is 249 g/mol. The van der Waals surface area contributed by atoms with Gasteiger partial charge in [0.2, 0.25) is 0 Å². The second kappa shape index (κ2) is 4.94. The van der Waals surface area contributed by atoms with Gasteiger partial charge >= 0.3 is 0 Å². The molecule has 1 unspecified atom stereocenters. The van der Waals surface area contributed by atoms with Gasteiger partial charge in [-0.05, 0) is 25.0 Å². The number of hydrogen-bond acceptors (Lipinski definition) is 4. The van der Waals surface area contributed by atoms with Crippen LogP contribution in [0.3, 0.4) is 0 Å². The molecule has 3 heterocycles. The quantitative estimate of drug-likeness (QED) is 0.872. The molecule has 1 atom stereocenters. The van der Waals surface area contributed by atoms with Gasteiger partial charge in [-0.15, -0.1) is 0 Å². The summed E-state index contributed by atoms with van der Waals surface area (Å²) < 4.78 is 0. The lowest BCUT2D eigenvalue weighted by molar-refractivity contribution is 0.607. The van der Waals surface area contributed by atoms with Crippen LogP contribution in [0.5, 0.6) is 0 Å². The zero-order valence-electron chi connectivity index (χ0n) is 10.3. The molecule has 1 aromatic rings. The molecule has 1 saturated heterocycles. The molecule has 2 aliphatic rings. The van der Waals surface area contributed by atoms with Crippen molar-refractivity contribution in [2.45, 2.75) is 44.4 Å². The summed E-state index contributed by atoms with van der Waals surface area (Å²) in [7, 11) is 0. The van der Waals surface area contributed by atoms with Crippen LogP contribution in [0.2, 0.25) is 0 Å². The van der Waals surface area contributed by atoms with E-state index in [-0.39, 0.29) is 0 Å². The minimum absolute atomic E-state index is 0.556. The molecule has 0 radical (unpaired) electrons. The van der Waals surface area contributed by atoms with Gasteiger partial charge in [0, 0.05) is 30.8 Å². The molecule has 0 aromatic carbocycles. The Labute approximate surface area is 107 Å². The highest BCUT2D eigenvalue weighted by molar-refractivity contribution is 7.99. The summed E-state index contributed by atoms with van der Waals surface area (Å²) >= 11 is 2.02. The molecule has 3 rings (SSSR count). The normalized spacial score (nSPS) is 23.7. The van der Waals surface area contributed by atoms with E-state index in [2.05, 4.69) is 12.2 Å². The molecule has 17 heavy (non-hydrogen) atoms. The fourth-order valence-corrected chi connectivity index (χ4v) is 3.86. The summed E-state index contributed by atoms with van der Waals surface area (Å²) in [6, 6.07) is 0. The molecule has 4 heteroatoms. The average molecular weight is 249 g/mol. The molecule has 92 valence electrons. The Morgan fingerprint density at radius 2 is 2.35 bits per heavy atom.